The lowest BCUT2D eigenvalue weighted by atomic mass is 9.99. The molecule has 24 heavy (non-hydrogen) atoms. The minimum absolute atomic E-state index is 0.0890. The van der Waals surface area contributed by atoms with Crippen LogP contribution in [0.4, 0.5) is 0 Å². The van der Waals surface area contributed by atoms with Crippen LogP contribution in [0.15, 0.2) is 42.5 Å². The van der Waals surface area contributed by atoms with Gasteiger partial charge in [-0.1, -0.05) is 37.3 Å². The lowest BCUT2D eigenvalue weighted by molar-refractivity contribution is -0.139. The molecule has 1 amide bonds. The lowest BCUT2D eigenvalue weighted by Gasteiger charge is -2.31. The number of benzene rings is 2. The van der Waals surface area contributed by atoms with Crippen LogP contribution in [0.2, 0.25) is 0 Å². The fourth-order valence-electron chi connectivity index (χ4n) is 3.36. The van der Waals surface area contributed by atoms with E-state index in [4.69, 9.17) is 4.74 Å². The predicted molar refractivity (Wildman–Crippen MR) is 96.2 cm³/mol. The van der Waals surface area contributed by atoms with Crippen LogP contribution in [-0.2, 0) is 17.8 Å². The first-order valence-corrected chi connectivity index (χ1v) is 8.67. The fraction of sp³-hybridized carbons (Fsp3) is 0.381. The van der Waals surface area contributed by atoms with E-state index in [2.05, 4.69) is 24.3 Å². The van der Waals surface area contributed by atoms with Crippen molar-refractivity contribution in [3.05, 3.63) is 64.7 Å². The molecule has 1 heterocycles. The summed E-state index contributed by atoms with van der Waals surface area (Å²) in [5.74, 6) is 0.872. The van der Waals surface area contributed by atoms with Gasteiger partial charge in [-0.15, -0.1) is 0 Å². The molecule has 1 aliphatic rings. The average molecular weight is 323 g/mol. The van der Waals surface area contributed by atoms with E-state index in [1.54, 1.807) is 0 Å². The van der Waals surface area contributed by atoms with E-state index in [1.807, 2.05) is 43.9 Å². The Kier molecular flexibility index (Phi) is 4.89. The van der Waals surface area contributed by atoms with Crippen molar-refractivity contribution in [3.63, 3.8) is 0 Å². The van der Waals surface area contributed by atoms with Gasteiger partial charge < -0.3 is 9.64 Å². The van der Waals surface area contributed by atoms with Crippen LogP contribution in [0.3, 0.4) is 0 Å². The minimum atomic E-state index is -0.420. The fourth-order valence-corrected chi connectivity index (χ4v) is 3.36. The molecule has 2 aromatic rings. The second kappa shape index (κ2) is 7.08. The molecule has 2 aromatic carbocycles. The molecule has 0 fully saturated rings. The highest BCUT2D eigenvalue weighted by Gasteiger charge is 2.27. The Bertz CT molecular complexity index is 718. The summed E-state index contributed by atoms with van der Waals surface area (Å²) >= 11 is 0. The molecule has 0 radical (unpaired) electrons. The Morgan fingerprint density at radius 2 is 1.79 bits per heavy atom. The summed E-state index contributed by atoms with van der Waals surface area (Å²) in [7, 11) is 0. The van der Waals surface area contributed by atoms with E-state index in [-0.39, 0.29) is 5.91 Å². The summed E-state index contributed by atoms with van der Waals surface area (Å²) in [5, 5.41) is 0. The minimum Gasteiger partial charge on any atom is -0.481 e. The SMILES string of the molecule is CC[C@@H](Oc1cc(C)cc(C)c1)C(=O)N1CCc2ccccc2C1. The Morgan fingerprint density at radius 3 is 2.46 bits per heavy atom. The van der Waals surface area contributed by atoms with E-state index in [0.717, 1.165) is 29.8 Å². The number of ether oxygens (including phenoxy) is 1. The van der Waals surface area contributed by atoms with Crippen molar-refractivity contribution in [2.45, 2.75) is 46.3 Å². The highest BCUT2D eigenvalue weighted by atomic mass is 16.5. The first-order chi connectivity index (χ1) is 11.6. The summed E-state index contributed by atoms with van der Waals surface area (Å²) in [6.07, 6.45) is 1.17. The molecule has 3 rings (SSSR count). The number of carbonyl (C=O) groups is 1. The van der Waals surface area contributed by atoms with E-state index in [0.29, 0.717) is 13.0 Å². The number of rotatable bonds is 4. The third kappa shape index (κ3) is 3.61. The van der Waals surface area contributed by atoms with Gasteiger partial charge in [0.05, 0.1) is 0 Å². The van der Waals surface area contributed by atoms with Crippen molar-refractivity contribution in [2.24, 2.45) is 0 Å². The van der Waals surface area contributed by atoms with Gasteiger partial charge in [0.2, 0.25) is 0 Å². The number of aryl methyl sites for hydroxylation is 2. The topological polar surface area (TPSA) is 29.5 Å². The number of amides is 1. The van der Waals surface area contributed by atoms with Gasteiger partial charge in [0.1, 0.15) is 5.75 Å². The molecule has 126 valence electrons. The Hall–Kier alpha value is -2.29. The molecular formula is C21H25NO2. The van der Waals surface area contributed by atoms with Gasteiger partial charge in [-0.05, 0) is 61.1 Å². The Labute approximate surface area is 144 Å². The number of fused-ring (bicyclic) bond motifs is 1. The zero-order valence-corrected chi connectivity index (χ0v) is 14.7. The zero-order valence-electron chi connectivity index (χ0n) is 14.7. The molecular weight excluding hydrogens is 298 g/mol. The highest BCUT2D eigenvalue weighted by molar-refractivity contribution is 5.81. The lowest BCUT2D eigenvalue weighted by Crippen LogP contribution is -2.44. The molecule has 0 aromatic heterocycles. The van der Waals surface area contributed by atoms with Crippen LogP contribution in [0.1, 0.15) is 35.6 Å². The molecule has 3 nitrogen and oxygen atoms in total. The average Bonchev–Trinajstić information content (AvgIpc) is 2.58. The molecule has 0 saturated heterocycles. The Morgan fingerprint density at radius 1 is 1.12 bits per heavy atom. The van der Waals surface area contributed by atoms with E-state index < -0.39 is 6.10 Å². The number of hydrogen-bond donors (Lipinski definition) is 0. The number of nitrogens with zero attached hydrogens (tertiary/aromatic N) is 1. The van der Waals surface area contributed by atoms with E-state index in [9.17, 15) is 4.79 Å². The standard InChI is InChI=1S/C21H25NO2/c1-4-20(24-19-12-15(2)11-16(3)13-19)21(23)22-10-9-17-7-5-6-8-18(17)14-22/h5-8,11-13,20H,4,9-10,14H2,1-3H3/t20-/m1/s1. The quantitative estimate of drug-likeness (QED) is 0.849. The molecule has 0 unspecified atom stereocenters. The van der Waals surface area contributed by atoms with E-state index in [1.165, 1.54) is 11.1 Å². The highest BCUT2D eigenvalue weighted by Crippen LogP contribution is 2.22. The maximum Gasteiger partial charge on any atom is 0.263 e. The largest absolute Gasteiger partial charge is 0.481 e. The number of carbonyl (C=O) groups excluding carboxylic acids is 1. The van der Waals surface area contributed by atoms with Crippen LogP contribution >= 0.6 is 0 Å². The molecule has 0 N–H and O–H groups in total. The summed E-state index contributed by atoms with van der Waals surface area (Å²) in [4.78, 5) is 14.8. The van der Waals surface area contributed by atoms with Crippen molar-refractivity contribution in [1.82, 2.24) is 4.90 Å². The molecule has 0 bridgehead atoms. The van der Waals surface area contributed by atoms with Crippen molar-refractivity contribution in [2.75, 3.05) is 6.54 Å². The molecule has 0 spiro atoms. The summed E-state index contributed by atoms with van der Waals surface area (Å²) in [6.45, 7) is 7.54. The first-order valence-electron chi connectivity index (χ1n) is 8.67. The summed E-state index contributed by atoms with van der Waals surface area (Å²) < 4.78 is 6.04. The Balaban J connectivity index is 1.73. The summed E-state index contributed by atoms with van der Waals surface area (Å²) in [6, 6.07) is 14.5. The van der Waals surface area contributed by atoms with Crippen LogP contribution in [0.5, 0.6) is 5.75 Å². The van der Waals surface area contributed by atoms with Crippen molar-refractivity contribution in [1.29, 1.82) is 0 Å². The molecule has 3 heteroatoms. The molecule has 1 aliphatic heterocycles. The molecule has 1 atom stereocenters. The van der Waals surface area contributed by atoms with Crippen molar-refractivity contribution < 1.29 is 9.53 Å². The second-order valence-electron chi connectivity index (χ2n) is 6.62. The maximum absolute atomic E-state index is 12.9. The third-order valence-corrected chi connectivity index (χ3v) is 4.56. The maximum atomic E-state index is 12.9. The van der Waals surface area contributed by atoms with Gasteiger partial charge in [0, 0.05) is 13.1 Å². The van der Waals surface area contributed by atoms with E-state index >= 15 is 0 Å². The van der Waals surface area contributed by atoms with Crippen molar-refractivity contribution in [3.8, 4) is 5.75 Å². The van der Waals surface area contributed by atoms with Gasteiger partial charge in [0.25, 0.3) is 5.91 Å². The molecule has 0 saturated carbocycles. The summed E-state index contributed by atoms with van der Waals surface area (Å²) in [5.41, 5.74) is 4.90. The van der Waals surface area contributed by atoms with Crippen molar-refractivity contribution >= 4 is 5.91 Å². The predicted octanol–water partition coefficient (Wildman–Crippen LogP) is 4.05. The van der Waals surface area contributed by atoms with Gasteiger partial charge >= 0.3 is 0 Å². The monoisotopic (exact) mass is 323 g/mol. The van der Waals surface area contributed by atoms with Gasteiger partial charge in [-0.2, -0.15) is 0 Å². The second-order valence-corrected chi connectivity index (χ2v) is 6.62. The van der Waals surface area contributed by atoms with Gasteiger partial charge in [0.15, 0.2) is 6.10 Å². The third-order valence-electron chi connectivity index (χ3n) is 4.56. The smallest absolute Gasteiger partial charge is 0.263 e. The number of hydrogen-bond acceptors (Lipinski definition) is 2. The first kappa shape index (κ1) is 16.6. The van der Waals surface area contributed by atoms with Crippen LogP contribution in [0, 0.1) is 13.8 Å². The van der Waals surface area contributed by atoms with Crippen LogP contribution in [0.25, 0.3) is 0 Å². The van der Waals surface area contributed by atoms with Crippen LogP contribution in [-0.4, -0.2) is 23.5 Å². The zero-order chi connectivity index (χ0) is 17.1. The van der Waals surface area contributed by atoms with Crippen LogP contribution < -0.4 is 4.74 Å². The normalized spacial score (nSPS) is 14.9. The van der Waals surface area contributed by atoms with Gasteiger partial charge in [-0.25, -0.2) is 0 Å². The van der Waals surface area contributed by atoms with Gasteiger partial charge in [-0.3, -0.25) is 4.79 Å². The molecule has 0 aliphatic carbocycles.